The molecule has 6 heteroatoms. The van der Waals surface area contributed by atoms with Crippen LogP contribution in [0.1, 0.15) is 31.1 Å². The maximum absolute atomic E-state index is 11.6. The van der Waals surface area contributed by atoms with Crippen LogP contribution in [0, 0.1) is 0 Å². The van der Waals surface area contributed by atoms with Crippen molar-refractivity contribution in [1.82, 2.24) is 5.32 Å². The molecule has 1 aromatic heterocycles. The largest absolute Gasteiger partial charge is 0.480 e. The predicted octanol–water partition coefficient (Wildman–Crippen LogP) is 3.17. The average Bonchev–Trinajstić information content (AvgIpc) is 2.77. The fourth-order valence-electron chi connectivity index (χ4n) is 1.46. The summed E-state index contributed by atoms with van der Waals surface area (Å²) >= 11 is 7.12. The molecule has 4 nitrogen and oxygen atoms in total. The lowest BCUT2D eigenvalue weighted by Gasteiger charge is -2.12. The number of carboxylic acid groups (broad SMARTS) is 1. The Morgan fingerprint density at radius 1 is 1.53 bits per heavy atom. The van der Waals surface area contributed by atoms with Crippen molar-refractivity contribution in [3.8, 4) is 0 Å². The molecule has 0 bridgehead atoms. The van der Waals surface area contributed by atoms with Gasteiger partial charge in [-0.15, -0.1) is 11.3 Å². The zero-order chi connectivity index (χ0) is 14.3. The number of halogens is 1. The molecule has 0 saturated heterocycles. The SMILES string of the molecule is CCCC[C@H](NC(=O)/C=C/c1ccc(Cl)s1)C(=O)O. The number of thiophene rings is 1. The molecule has 0 aromatic carbocycles. The normalized spacial score (nSPS) is 12.5. The molecule has 1 rings (SSSR count). The summed E-state index contributed by atoms with van der Waals surface area (Å²) in [6, 6.07) is 2.71. The van der Waals surface area contributed by atoms with E-state index in [-0.39, 0.29) is 0 Å². The third-order valence-electron chi connectivity index (χ3n) is 2.45. The fourth-order valence-corrected chi connectivity index (χ4v) is 2.42. The van der Waals surface area contributed by atoms with E-state index in [0.29, 0.717) is 10.8 Å². The topological polar surface area (TPSA) is 66.4 Å². The molecule has 1 atom stereocenters. The quantitative estimate of drug-likeness (QED) is 0.760. The first-order valence-corrected chi connectivity index (χ1v) is 7.19. The summed E-state index contributed by atoms with van der Waals surface area (Å²) in [6.45, 7) is 1.97. The number of unbranched alkanes of at least 4 members (excludes halogenated alkanes) is 1. The molecule has 0 saturated carbocycles. The summed E-state index contributed by atoms with van der Waals surface area (Å²) < 4.78 is 0.645. The Hall–Kier alpha value is -1.33. The van der Waals surface area contributed by atoms with Crippen LogP contribution in [-0.2, 0) is 9.59 Å². The maximum atomic E-state index is 11.6. The second kappa shape index (κ2) is 7.96. The van der Waals surface area contributed by atoms with E-state index in [1.807, 2.05) is 6.92 Å². The fraction of sp³-hybridized carbons (Fsp3) is 0.385. The van der Waals surface area contributed by atoms with Gasteiger partial charge in [0.05, 0.1) is 4.34 Å². The van der Waals surface area contributed by atoms with Crippen LogP contribution in [0.2, 0.25) is 4.34 Å². The van der Waals surface area contributed by atoms with Gasteiger partial charge in [0.1, 0.15) is 6.04 Å². The highest BCUT2D eigenvalue weighted by atomic mass is 35.5. The van der Waals surface area contributed by atoms with Gasteiger partial charge in [-0.3, -0.25) is 4.79 Å². The highest BCUT2D eigenvalue weighted by molar-refractivity contribution is 7.17. The molecule has 1 aromatic rings. The van der Waals surface area contributed by atoms with Gasteiger partial charge in [0.25, 0.3) is 0 Å². The smallest absolute Gasteiger partial charge is 0.326 e. The standard InChI is InChI=1S/C13H16ClNO3S/c1-2-3-4-10(13(17)18)15-12(16)8-6-9-5-7-11(14)19-9/h5-8,10H,2-4H2,1H3,(H,15,16)(H,17,18)/b8-6+/t10-/m0/s1. The van der Waals surface area contributed by atoms with Crippen LogP contribution >= 0.6 is 22.9 Å². The van der Waals surface area contributed by atoms with Crippen molar-refractivity contribution < 1.29 is 14.7 Å². The zero-order valence-electron chi connectivity index (χ0n) is 10.6. The van der Waals surface area contributed by atoms with Gasteiger partial charge < -0.3 is 10.4 Å². The van der Waals surface area contributed by atoms with Crippen LogP contribution in [0.25, 0.3) is 6.08 Å². The summed E-state index contributed by atoms with van der Waals surface area (Å²) in [5.74, 6) is -1.41. The second-order valence-corrected chi connectivity index (χ2v) is 5.76. The molecular formula is C13H16ClNO3S. The first-order chi connectivity index (χ1) is 9.02. The molecule has 0 unspecified atom stereocenters. The molecule has 0 aliphatic rings. The number of carbonyl (C=O) groups excluding carboxylic acids is 1. The van der Waals surface area contributed by atoms with Gasteiger partial charge in [-0.2, -0.15) is 0 Å². The summed E-state index contributed by atoms with van der Waals surface area (Å²) in [4.78, 5) is 23.4. The molecular weight excluding hydrogens is 286 g/mol. The predicted molar refractivity (Wildman–Crippen MR) is 77.5 cm³/mol. The third-order valence-corrected chi connectivity index (χ3v) is 3.65. The Kier molecular flexibility index (Phi) is 6.59. The van der Waals surface area contributed by atoms with Crippen molar-refractivity contribution in [2.75, 3.05) is 0 Å². The van der Waals surface area contributed by atoms with E-state index in [1.54, 1.807) is 18.2 Å². The number of nitrogens with one attached hydrogen (secondary N) is 1. The molecule has 1 amide bonds. The van der Waals surface area contributed by atoms with Gasteiger partial charge in [-0.25, -0.2) is 4.79 Å². The Balaban J connectivity index is 2.52. The van der Waals surface area contributed by atoms with Crippen LogP contribution in [0.15, 0.2) is 18.2 Å². The lowest BCUT2D eigenvalue weighted by Crippen LogP contribution is -2.39. The molecule has 104 valence electrons. The number of carbonyl (C=O) groups is 2. The number of hydrogen-bond acceptors (Lipinski definition) is 3. The number of hydrogen-bond donors (Lipinski definition) is 2. The lowest BCUT2D eigenvalue weighted by molar-refractivity contribution is -0.141. The van der Waals surface area contributed by atoms with Gasteiger partial charge in [0.15, 0.2) is 0 Å². The van der Waals surface area contributed by atoms with Crippen molar-refractivity contribution in [2.45, 2.75) is 32.2 Å². The number of amides is 1. The first kappa shape index (κ1) is 15.7. The van der Waals surface area contributed by atoms with Gasteiger partial charge in [-0.1, -0.05) is 31.4 Å². The number of aliphatic carboxylic acids is 1. The minimum Gasteiger partial charge on any atom is -0.480 e. The maximum Gasteiger partial charge on any atom is 0.326 e. The summed E-state index contributed by atoms with van der Waals surface area (Å²) in [6.07, 6.45) is 5.04. The van der Waals surface area contributed by atoms with Gasteiger partial charge in [0.2, 0.25) is 5.91 Å². The average molecular weight is 302 g/mol. The van der Waals surface area contributed by atoms with Crippen molar-refractivity contribution in [3.05, 3.63) is 27.4 Å². The van der Waals surface area contributed by atoms with Crippen LogP contribution < -0.4 is 5.32 Å². The third kappa shape index (κ3) is 5.89. The van der Waals surface area contributed by atoms with Gasteiger partial charge in [-0.05, 0) is 24.6 Å². The Morgan fingerprint density at radius 2 is 2.26 bits per heavy atom. The molecule has 0 aliphatic heterocycles. The van der Waals surface area contributed by atoms with Crippen LogP contribution in [0.3, 0.4) is 0 Å². The molecule has 1 heterocycles. The number of carboxylic acids is 1. The lowest BCUT2D eigenvalue weighted by atomic mass is 10.1. The number of rotatable bonds is 7. The van der Waals surface area contributed by atoms with Crippen molar-refractivity contribution in [1.29, 1.82) is 0 Å². The first-order valence-electron chi connectivity index (χ1n) is 5.99. The Morgan fingerprint density at radius 3 is 2.79 bits per heavy atom. The molecule has 2 N–H and O–H groups in total. The highest BCUT2D eigenvalue weighted by Crippen LogP contribution is 2.22. The summed E-state index contributed by atoms with van der Waals surface area (Å²) in [5, 5.41) is 11.5. The highest BCUT2D eigenvalue weighted by Gasteiger charge is 2.17. The molecule has 0 fully saturated rings. The molecule has 0 aliphatic carbocycles. The van der Waals surface area contributed by atoms with E-state index in [0.717, 1.165) is 17.7 Å². The minimum atomic E-state index is -1.01. The van der Waals surface area contributed by atoms with E-state index in [4.69, 9.17) is 16.7 Å². The molecule has 19 heavy (non-hydrogen) atoms. The van der Waals surface area contributed by atoms with E-state index >= 15 is 0 Å². The van der Waals surface area contributed by atoms with E-state index in [9.17, 15) is 9.59 Å². The zero-order valence-corrected chi connectivity index (χ0v) is 12.1. The van der Waals surface area contributed by atoms with Crippen LogP contribution in [0.5, 0.6) is 0 Å². The van der Waals surface area contributed by atoms with Gasteiger partial charge >= 0.3 is 5.97 Å². The molecule has 0 radical (unpaired) electrons. The second-order valence-electron chi connectivity index (χ2n) is 4.02. The van der Waals surface area contributed by atoms with Crippen molar-refractivity contribution in [3.63, 3.8) is 0 Å². The van der Waals surface area contributed by atoms with Crippen molar-refractivity contribution >= 4 is 40.9 Å². The van der Waals surface area contributed by atoms with Crippen LogP contribution in [-0.4, -0.2) is 23.0 Å². The summed E-state index contributed by atoms with van der Waals surface area (Å²) in [7, 11) is 0. The Bertz CT molecular complexity index is 470. The van der Waals surface area contributed by atoms with Crippen LogP contribution in [0.4, 0.5) is 0 Å². The van der Waals surface area contributed by atoms with Gasteiger partial charge in [0, 0.05) is 11.0 Å². The molecule has 0 spiro atoms. The van der Waals surface area contributed by atoms with E-state index in [2.05, 4.69) is 5.32 Å². The Labute approximate surface area is 121 Å². The van der Waals surface area contributed by atoms with E-state index in [1.165, 1.54) is 17.4 Å². The minimum absolute atomic E-state index is 0.409. The van der Waals surface area contributed by atoms with Crippen molar-refractivity contribution in [2.24, 2.45) is 0 Å². The summed E-state index contributed by atoms with van der Waals surface area (Å²) in [5.41, 5.74) is 0. The van der Waals surface area contributed by atoms with E-state index < -0.39 is 17.9 Å². The monoisotopic (exact) mass is 301 g/mol.